The van der Waals surface area contributed by atoms with Gasteiger partial charge >= 0.3 is 11.9 Å². The molecule has 6 rings (SSSR count). The number of fused-ring (bicyclic) bond motifs is 7. The molecule has 1 aromatic heterocycles. The molecular weight excluding hydrogens is 638 g/mol. The zero-order valence-corrected chi connectivity index (χ0v) is 33.6. The zero-order valence-electron chi connectivity index (χ0n) is 33.6. The second kappa shape index (κ2) is 12.5. The molecule has 8 unspecified atom stereocenters. The molecule has 8 atom stereocenters. The number of ketones is 1. The summed E-state index contributed by atoms with van der Waals surface area (Å²) in [5.74, 6) is 0.644. The van der Waals surface area contributed by atoms with Gasteiger partial charge in [-0.25, -0.2) is 0 Å². The molecule has 0 saturated heterocycles. The summed E-state index contributed by atoms with van der Waals surface area (Å²) >= 11 is 0. The van der Waals surface area contributed by atoms with E-state index in [0.29, 0.717) is 35.7 Å². The molecule has 284 valence electrons. The largest absolute Gasteiger partial charge is 0.506 e. The Morgan fingerprint density at radius 3 is 2.29 bits per heavy atom. The number of nitrogens with zero attached hydrogens (tertiary/aromatic N) is 1. The standard InChI is InChI=1S/C44H67NO6/c1-12-13-22-45-27(4)29(46)23-33(45)44-21-20-42(10)28(37(44)36(26(2)3)30(47)24-44)14-15-32-41(9)18-17-34(51-35(48)25-39(5,6)38(49)50)40(7,8)31(41)16-19-43(32,42)11/h23,26,28,31-32,34,46H,12-22,24-25H2,1-11H3,(H,49,50). The van der Waals surface area contributed by atoms with Crippen LogP contribution in [-0.2, 0) is 31.1 Å². The minimum atomic E-state index is -1.16. The van der Waals surface area contributed by atoms with Crippen LogP contribution in [0.3, 0.4) is 0 Å². The second-order valence-corrected chi connectivity index (χ2v) is 20.0. The van der Waals surface area contributed by atoms with Gasteiger partial charge in [-0.3, -0.25) is 14.4 Å². The average Bonchev–Trinajstić information content (AvgIpc) is 3.50. The fraction of sp³-hybridized carbons (Fsp3) is 0.795. The summed E-state index contributed by atoms with van der Waals surface area (Å²) in [5, 5.41) is 20.8. The molecule has 2 N–H and O–H groups in total. The van der Waals surface area contributed by atoms with E-state index in [1.165, 1.54) is 5.57 Å². The van der Waals surface area contributed by atoms with E-state index in [2.05, 4.69) is 60.0 Å². The van der Waals surface area contributed by atoms with Gasteiger partial charge in [-0.15, -0.1) is 0 Å². The third-order valence-electron chi connectivity index (χ3n) is 16.4. The molecule has 1 aromatic rings. The summed E-state index contributed by atoms with van der Waals surface area (Å²) in [6.07, 6.45) is 10.4. The highest BCUT2D eigenvalue weighted by atomic mass is 16.5. The molecule has 5 aliphatic rings. The summed E-state index contributed by atoms with van der Waals surface area (Å²) in [4.78, 5) is 39.1. The number of rotatable bonds is 9. The lowest BCUT2D eigenvalue weighted by Crippen LogP contribution is -2.66. The predicted octanol–water partition coefficient (Wildman–Crippen LogP) is 9.95. The van der Waals surface area contributed by atoms with Crippen LogP contribution >= 0.6 is 0 Å². The van der Waals surface area contributed by atoms with E-state index >= 15 is 0 Å². The highest BCUT2D eigenvalue weighted by Crippen LogP contribution is 2.77. The van der Waals surface area contributed by atoms with Crippen LogP contribution in [0.1, 0.15) is 158 Å². The molecule has 0 bridgehead atoms. The lowest BCUT2D eigenvalue weighted by molar-refractivity contribution is -0.232. The van der Waals surface area contributed by atoms with Crippen molar-refractivity contribution in [3.63, 3.8) is 0 Å². The third kappa shape index (κ3) is 5.42. The van der Waals surface area contributed by atoms with E-state index in [-0.39, 0.29) is 45.5 Å². The first-order valence-electron chi connectivity index (χ1n) is 20.2. The van der Waals surface area contributed by atoms with Gasteiger partial charge in [0.15, 0.2) is 5.78 Å². The van der Waals surface area contributed by atoms with Crippen molar-refractivity contribution >= 4 is 17.7 Å². The number of unbranched alkanes of at least 4 members (excludes halogenated alkanes) is 1. The average molecular weight is 706 g/mol. The Morgan fingerprint density at radius 2 is 1.67 bits per heavy atom. The van der Waals surface area contributed by atoms with E-state index in [4.69, 9.17) is 4.74 Å². The highest BCUT2D eigenvalue weighted by Gasteiger charge is 2.70. The van der Waals surface area contributed by atoms with Gasteiger partial charge in [0.1, 0.15) is 11.9 Å². The monoisotopic (exact) mass is 705 g/mol. The SMILES string of the molecule is CCCCn1c(C23CCC4(C)C(CCC5C6(C)CCC(OC(=O)CC(C)(C)C(=O)O)C(C)(C)C6CCC54C)C2=C(C(C)C)C(=O)C3)cc(O)c1C. The number of aromatic nitrogens is 1. The summed E-state index contributed by atoms with van der Waals surface area (Å²) < 4.78 is 8.54. The van der Waals surface area contributed by atoms with E-state index in [1.807, 2.05) is 13.0 Å². The number of Topliss-reactive ketones (excluding diaryl/α,β-unsaturated/α-hetero) is 1. The van der Waals surface area contributed by atoms with Gasteiger partial charge in [0.05, 0.1) is 17.5 Å². The Labute approximate surface area is 307 Å². The number of aliphatic carboxylic acids is 1. The molecule has 7 nitrogen and oxygen atoms in total. The summed E-state index contributed by atoms with van der Waals surface area (Å²) in [6.45, 7) is 25.0. The van der Waals surface area contributed by atoms with Crippen LogP contribution in [0.25, 0.3) is 0 Å². The van der Waals surface area contributed by atoms with Gasteiger partial charge in [0.25, 0.3) is 0 Å². The van der Waals surface area contributed by atoms with Crippen molar-refractivity contribution in [2.75, 3.05) is 0 Å². The van der Waals surface area contributed by atoms with E-state index < -0.39 is 17.4 Å². The van der Waals surface area contributed by atoms with Gasteiger partial charge in [0.2, 0.25) is 0 Å². The van der Waals surface area contributed by atoms with Crippen molar-refractivity contribution in [2.24, 2.45) is 50.7 Å². The van der Waals surface area contributed by atoms with Crippen molar-refractivity contribution in [1.82, 2.24) is 4.57 Å². The number of allylic oxidation sites excluding steroid dienone is 2. The molecule has 4 fully saturated rings. The Balaban J connectivity index is 1.35. The molecule has 0 aliphatic heterocycles. The summed E-state index contributed by atoms with van der Waals surface area (Å²) in [7, 11) is 0. The normalized spacial score (nSPS) is 37.5. The quantitative estimate of drug-likeness (QED) is 0.248. The molecule has 7 heteroatoms. The van der Waals surface area contributed by atoms with Crippen molar-refractivity contribution in [3.05, 3.63) is 28.6 Å². The van der Waals surface area contributed by atoms with Crippen molar-refractivity contribution < 1.29 is 29.3 Å². The van der Waals surface area contributed by atoms with Gasteiger partial charge in [-0.1, -0.05) is 61.8 Å². The van der Waals surface area contributed by atoms with E-state index in [9.17, 15) is 24.6 Å². The van der Waals surface area contributed by atoms with Crippen LogP contribution in [0.2, 0.25) is 0 Å². The van der Waals surface area contributed by atoms with Gasteiger partial charge in [-0.2, -0.15) is 0 Å². The Kier molecular flexibility index (Phi) is 9.36. The zero-order chi connectivity index (χ0) is 37.7. The first kappa shape index (κ1) is 38.2. The maximum atomic E-state index is 14.3. The number of ether oxygens (including phenoxy) is 1. The minimum absolute atomic E-state index is 0.0291. The number of aromatic hydroxyl groups is 1. The number of hydrogen-bond acceptors (Lipinski definition) is 5. The molecule has 5 aliphatic carbocycles. The maximum absolute atomic E-state index is 14.3. The van der Waals surface area contributed by atoms with Crippen LogP contribution in [0.4, 0.5) is 0 Å². The molecule has 0 radical (unpaired) electrons. The summed E-state index contributed by atoms with van der Waals surface area (Å²) in [5.41, 5.74) is 3.02. The lowest BCUT2D eigenvalue weighted by atomic mass is 9.33. The van der Waals surface area contributed by atoms with Crippen LogP contribution in [-0.4, -0.2) is 38.6 Å². The maximum Gasteiger partial charge on any atom is 0.309 e. The van der Waals surface area contributed by atoms with Crippen molar-refractivity contribution in [1.29, 1.82) is 0 Å². The number of carbonyl (C=O) groups is 3. The van der Waals surface area contributed by atoms with Gasteiger partial charge in [-0.05, 0) is 130 Å². The summed E-state index contributed by atoms with van der Waals surface area (Å²) in [6, 6.07) is 2.01. The van der Waals surface area contributed by atoms with Crippen LogP contribution < -0.4 is 0 Å². The first-order valence-corrected chi connectivity index (χ1v) is 20.2. The molecule has 0 amide bonds. The molecule has 4 saturated carbocycles. The topological polar surface area (TPSA) is 106 Å². The van der Waals surface area contributed by atoms with Gasteiger partial charge < -0.3 is 19.5 Å². The molecule has 1 heterocycles. The van der Waals surface area contributed by atoms with Crippen molar-refractivity contribution in [3.8, 4) is 5.75 Å². The van der Waals surface area contributed by atoms with Gasteiger partial charge in [0, 0.05) is 35.6 Å². The number of esters is 1. The minimum Gasteiger partial charge on any atom is -0.506 e. The van der Waals surface area contributed by atoms with E-state index in [0.717, 1.165) is 87.7 Å². The molecule has 51 heavy (non-hydrogen) atoms. The predicted molar refractivity (Wildman–Crippen MR) is 200 cm³/mol. The first-order chi connectivity index (χ1) is 23.6. The fourth-order valence-corrected chi connectivity index (χ4v) is 13.4. The second-order valence-electron chi connectivity index (χ2n) is 20.0. The van der Waals surface area contributed by atoms with Crippen LogP contribution in [0.15, 0.2) is 17.2 Å². The lowest BCUT2D eigenvalue weighted by Gasteiger charge is -2.72. The van der Waals surface area contributed by atoms with E-state index in [1.54, 1.807) is 13.8 Å². The van der Waals surface area contributed by atoms with Crippen LogP contribution in [0, 0.1) is 57.7 Å². The molecular formula is C44H67NO6. The van der Waals surface area contributed by atoms with Crippen molar-refractivity contribution in [2.45, 2.75) is 171 Å². The number of hydrogen-bond donors (Lipinski definition) is 2. The molecule has 0 spiro atoms. The number of carboxylic acid groups (broad SMARTS) is 1. The number of carboxylic acids is 1. The third-order valence-corrected chi connectivity index (χ3v) is 16.4. The Bertz CT molecular complexity index is 1630. The Morgan fingerprint density at radius 1 is 0.980 bits per heavy atom. The number of carbonyl (C=O) groups excluding carboxylic acids is 2. The molecule has 0 aromatic carbocycles. The van der Waals surface area contributed by atoms with Crippen LogP contribution in [0.5, 0.6) is 5.75 Å². The smallest absolute Gasteiger partial charge is 0.309 e. The Hall–Kier alpha value is -2.57. The fourth-order valence-electron chi connectivity index (χ4n) is 13.4. The highest BCUT2D eigenvalue weighted by molar-refractivity contribution is 6.02.